The maximum atomic E-state index is 12.2. The van der Waals surface area contributed by atoms with Gasteiger partial charge in [0.25, 0.3) is 5.91 Å². The van der Waals surface area contributed by atoms with Crippen molar-refractivity contribution in [3.63, 3.8) is 0 Å². The monoisotopic (exact) mass is 295 g/mol. The summed E-state index contributed by atoms with van der Waals surface area (Å²) >= 11 is 5.68. The van der Waals surface area contributed by atoms with Gasteiger partial charge in [0.15, 0.2) is 10.8 Å². The average Bonchev–Trinajstić information content (AvgIpc) is 2.25. The van der Waals surface area contributed by atoms with Gasteiger partial charge in [0.05, 0.1) is 0 Å². The molecule has 1 saturated carbocycles. The molecule has 0 saturated heterocycles. The SMILES string of the molecule is CC1(C)CC(NC(=O)c2ccc(Cl)nn2)CC(C)(C)C1. The third-order valence-electron chi connectivity index (χ3n) is 3.75. The van der Waals surface area contributed by atoms with E-state index in [1.54, 1.807) is 12.1 Å². The summed E-state index contributed by atoms with van der Waals surface area (Å²) in [6.45, 7) is 9.04. The first-order chi connectivity index (χ1) is 9.17. The molecule has 1 amide bonds. The van der Waals surface area contributed by atoms with Crippen LogP contribution in [0, 0.1) is 10.8 Å². The second-order valence-corrected chi connectivity index (χ2v) is 7.71. The number of carbonyl (C=O) groups is 1. The molecule has 2 rings (SSSR count). The lowest BCUT2D eigenvalue weighted by atomic mass is 9.63. The van der Waals surface area contributed by atoms with E-state index in [9.17, 15) is 4.79 Å². The van der Waals surface area contributed by atoms with Crippen LogP contribution < -0.4 is 5.32 Å². The molecule has 1 aliphatic rings. The van der Waals surface area contributed by atoms with E-state index in [0.29, 0.717) is 10.8 Å². The van der Waals surface area contributed by atoms with Crippen LogP contribution in [0.5, 0.6) is 0 Å². The topological polar surface area (TPSA) is 54.9 Å². The maximum absolute atomic E-state index is 12.2. The number of nitrogens with zero attached hydrogens (tertiary/aromatic N) is 2. The quantitative estimate of drug-likeness (QED) is 0.909. The van der Waals surface area contributed by atoms with Crippen molar-refractivity contribution >= 4 is 17.5 Å². The summed E-state index contributed by atoms with van der Waals surface area (Å²) in [5, 5.41) is 10.9. The van der Waals surface area contributed by atoms with Gasteiger partial charge in [-0.1, -0.05) is 39.3 Å². The van der Waals surface area contributed by atoms with Crippen molar-refractivity contribution in [3.05, 3.63) is 23.0 Å². The Bertz CT molecular complexity index is 480. The predicted molar refractivity (Wildman–Crippen MR) is 79.7 cm³/mol. The fourth-order valence-corrected chi connectivity index (χ4v) is 3.75. The Labute approximate surface area is 125 Å². The smallest absolute Gasteiger partial charge is 0.272 e. The summed E-state index contributed by atoms with van der Waals surface area (Å²) < 4.78 is 0. The summed E-state index contributed by atoms with van der Waals surface area (Å²) in [4.78, 5) is 12.2. The number of halogens is 1. The van der Waals surface area contributed by atoms with E-state index in [-0.39, 0.29) is 22.8 Å². The number of hydrogen-bond donors (Lipinski definition) is 1. The molecule has 1 heterocycles. The van der Waals surface area contributed by atoms with E-state index in [1.165, 1.54) is 6.42 Å². The average molecular weight is 296 g/mol. The van der Waals surface area contributed by atoms with Crippen molar-refractivity contribution in [1.82, 2.24) is 15.5 Å². The highest BCUT2D eigenvalue weighted by Gasteiger charge is 2.39. The number of hydrogen-bond acceptors (Lipinski definition) is 3. The van der Waals surface area contributed by atoms with E-state index < -0.39 is 0 Å². The van der Waals surface area contributed by atoms with Crippen LogP contribution in [-0.4, -0.2) is 22.1 Å². The van der Waals surface area contributed by atoms with Gasteiger partial charge in [0.1, 0.15) is 0 Å². The van der Waals surface area contributed by atoms with Gasteiger partial charge < -0.3 is 5.32 Å². The van der Waals surface area contributed by atoms with E-state index in [4.69, 9.17) is 11.6 Å². The molecule has 1 aliphatic carbocycles. The molecule has 110 valence electrons. The highest BCUT2D eigenvalue weighted by atomic mass is 35.5. The zero-order valence-electron chi connectivity index (χ0n) is 12.5. The lowest BCUT2D eigenvalue weighted by molar-refractivity contribution is 0.0710. The van der Waals surface area contributed by atoms with Gasteiger partial charge in [0, 0.05) is 6.04 Å². The zero-order valence-corrected chi connectivity index (χ0v) is 13.3. The van der Waals surface area contributed by atoms with E-state index in [0.717, 1.165) is 12.8 Å². The van der Waals surface area contributed by atoms with Crippen molar-refractivity contribution in [1.29, 1.82) is 0 Å². The Balaban J connectivity index is 2.05. The van der Waals surface area contributed by atoms with Crippen LogP contribution in [0.25, 0.3) is 0 Å². The van der Waals surface area contributed by atoms with Crippen LogP contribution in [0.15, 0.2) is 12.1 Å². The largest absolute Gasteiger partial charge is 0.348 e. The molecule has 1 aromatic heterocycles. The molecule has 0 unspecified atom stereocenters. The van der Waals surface area contributed by atoms with Crippen molar-refractivity contribution in [2.75, 3.05) is 0 Å². The lowest BCUT2D eigenvalue weighted by Crippen LogP contribution is -2.46. The highest BCUT2D eigenvalue weighted by Crippen LogP contribution is 2.45. The second kappa shape index (κ2) is 5.32. The molecule has 5 heteroatoms. The Hall–Kier alpha value is -1.16. The van der Waals surface area contributed by atoms with E-state index in [2.05, 4.69) is 43.2 Å². The highest BCUT2D eigenvalue weighted by molar-refractivity contribution is 6.29. The van der Waals surface area contributed by atoms with Crippen molar-refractivity contribution in [2.24, 2.45) is 10.8 Å². The van der Waals surface area contributed by atoms with Crippen molar-refractivity contribution in [3.8, 4) is 0 Å². The fourth-order valence-electron chi connectivity index (χ4n) is 3.64. The molecule has 0 aromatic carbocycles. The summed E-state index contributed by atoms with van der Waals surface area (Å²) in [6.07, 6.45) is 3.15. The van der Waals surface area contributed by atoms with Gasteiger partial charge in [-0.15, -0.1) is 10.2 Å². The van der Waals surface area contributed by atoms with Crippen LogP contribution in [-0.2, 0) is 0 Å². The van der Waals surface area contributed by atoms with Gasteiger partial charge in [0.2, 0.25) is 0 Å². The lowest BCUT2D eigenvalue weighted by Gasteiger charge is -2.45. The molecule has 0 aliphatic heterocycles. The molecule has 1 N–H and O–H groups in total. The molecule has 20 heavy (non-hydrogen) atoms. The molecule has 0 bridgehead atoms. The number of rotatable bonds is 2. The Morgan fingerprint density at radius 3 is 2.30 bits per heavy atom. The molecule has 4 nitrogen and oxygen atoms in total. The Kier molecular flexibility index (Phi) is 4.05. The minimum atomic E-state index is -0.173. The van der Waals surface area contributed by atoms with Gasteiger partial charge in [-0.2, -0.15) is 0 Å². The minimum Gasteiger partial charge on any atom is -0.348 e. The number of nitrogens with one attached hydrogen (secondary N) is 1. The van der Waals surface area contributed by atoms with Crippen LogP contribution in [0.1, 0.15) is 57.4 Å². The molecule has 0 spiro atoms. The van der Waals surface area contributed by atoms with Crippen LogP contribution >= 0.6 is 11.6 Å². The fraction of sp³-hybridized carbons (Fsp3) is 0.667. The van der Waals surface area contributed by atoms with Gasteiger partial charge in [-0.25, -0.2) is 0 Å². The molecule has 1 aromatic rings. The van der Waals surface area contributed by atoms with Crippen LogP contribution in [0.2, 0.25) is 5.15 Å². The summed E-state index contributed by atoms with van der Waals surface area (Å²) in [6, 6.07) is 3.36. The number of aromatic nitrogens is 2. The molecular weight excluding hydrogens is 274 g/mol. The Morgan fingerprint density at radius 1 is 1.20 bits per heavy atom. The van der Waals surface area contributed by atoms with Crippen molar-refractivity contribution in [2.45, 2.75) is 53.0 Å². The molecule has 0 radical (unpaired) electrons. The summed E-state index contributed by atoms with van der Waals surface area (Å²) in [7, 11) is 0. The predicted octanol–water partition coefficient (Wildman–Crippen LogP) is 3.46. The third kappa shape index (κ3) is 3.92. The van der Waals surface area contributed by atoms with Gasteiger partial charge in [-0.05, 0) is 42.2 Å². The van der Waals surface area contributed by atoms with E-state index in [1.807, 2.05) is 0 Å². The van der Waals surface area contributed by atoms with Gasteiger partial charge >= 0.3 is 0 Å². The summed E-state index contributed by atoms with van der Waals surface area (Å²) in [5.41, 5.74) is 0.798. The first kappa shape index (κ1) is 15.2. The van der Waals surface area contributed by atoms with Crippen molar-refractivity contribution < 1.29 is 4.79 Å². The molecular formula is C15H22ClN3O. The number of amides is 1. The van der Waals surface area contributed by atoms with Crippen LogP contribution in [0.4, 0.5) is 0 Å². The minimum absolute atomic E-state index is 0.173. The summed E-state index contributed by atoms with van der Waals surface area (Å²) in [5.74, 6) is -0.173. The molecule has 1 fully saturated rings. The zero-order chi connectivity index (χ0) is 15.0. The number of carbonyl (C=O) groups excluding carboxylic acids is 1. The second-order valence-electron chi connectivity index (χ2n) is 7.33. The standard InChI is InChI=1S/C15H22ClN3O/c1-14(2)7-10(8-15(3,4)9-14)17-13(20)11-5-6-12(16)19-18-11/h5-6,10H,7-9H2,1-4H3,(H,17,20). The first-order valence-electron chi connectivity index (χ1n) is 6.97. The normalized spacial score (nSPS) is 21.4. The van der Waals surface area contributed by atoms with Gasteiger partial charge in [-0.3, -0.25) is 4.79 Å². The maximum Gasteiger partial charge on any atom is 0.272 e. The molecule has 0 atom stereocenters. The van der Waals surface area contributed by atoms with Crippen LogP contribution in [0.3, 0.4) is 0 Å². The Morgan fingerprint density at radius 2 is 1.80 bits per heavy atom. The van der Waals surface area contributed by atoms with E-state index >= 15 is 0 Å². The third-order valence-corrected chi connectivity index (χ3v) is 3.96. The first-order valence-corrected chi connectivity index (χ1v) is 7.35.